The summed E-state index contributed by atoms with van der Waals surface area (Å²) in [5.41, 5.74) is 0. The third-order valence-electron chi connectivity index (χ3n) is 2.53. The van der Waals surface area contributed by atoms with Crippen LogP contribution in [0.25, 0.3) is 0 Å². The van der Waals surface area contributed by atoms with Crippen molar-refractivity contribution in [3.8, 4) is 0 Å². The maximum absolute atomic E-state index is 5.34. The summed E-state index contributed by atoms with van der Waals surface area (Å²) in [5, 5.41) is 3.56. The van der Waals surface area contributed by atoms with E-state index in [0.717, 1.165) is 32.8 Å². The zero-order valence-corrected chi connectivity index (χ0v) is 10.9. The molecule has 92 valence electrons. The van der Waals surface area contributed by atoms with Gasteiger partial charge in [0, 0.05) is 25.7 Å². The summed E-state index contributed by atoms with van der Waals surface area (Å²) < 4.78 is 5.34. The van der Waals surface area contributed by atoms with Crippen LogP contribution in [0.2, 0.25) is 0 Å². The SMILES string of the molecule is CCCNC(CC)CN(C)CCOCC. The zero-order chi connectivity index (χ0) is 11.5. The number of hydrogen-bond donors (Lipinski definition) is 1. The molecule has 0 heterocycles. The molecule has 0 saturated heterocycles. The summed E-state index contributed by atoms with van der Waals surface area (Å²) in [6.07, 6.45) is 2.40. The molecular formula is C12H28N2O. The topological polar surface area (TPSA) is 24.5 Å². The summed E-state index contributed by atoms with van der Waals surface area (Å²) in [6.45, 7) is 11.4. The van der Waals surface area contributed by atoms with Crippen LogP contribution in [0.15, 0.2) is 0 Å². The minimum Gasteiger partial charge on any atom is -0.380 e. The van der Waals surface area contributed by atoms with E-state index in [1.54, 1.807) is 0 Å². The number of ether oxygens (including phenoxy) is 1. The second-order valence-electron chi connectivity index (χ2n) is 4.02. The fourth-order valence-electron chi connectivity index (χ4n) is 1.52. The normalized spacial score (nSPS) is 13.4. The van der Waals surface area contributed by atoms with Crippen molar-refractivity contribution in [3.63, 3.8) is 0 Å². The van der Waals surface area contributed by atoms with Crippen molar-refractivity contribution in [1.82, 2.24) is 10.2 Å². The van der Waals surface area contributed by atoms with Crippen LogP contribution in [0.3, 0.4) is 0 Å². The zero-order valence-electron chi connectivity index (χ0n) is 10.9. The largest absolute Gasteiger partial charge is 0.380 e. The Labute approximate surface area is 95.2 Å². The molecule has 0 aromatic heterocycles. The van der Waals surface area contributed by atoms with Gasteiger partial charge in [0.15, 0.2) is 0 Å². The molecule has 3 heteroatoms. The van der Waals surface area contributed by atoms with Crippen molar-refractivity contribution < 1.29 is 4.74 Å². The van der Waals surface area contributed by atoms with Crippen molar-refractivity contribution in [3.05, 3.63) is 0 Å². The lowest BCUT2D eigenvalue weighted by molar-refractivity contribution is 0.118. The van der Waals surface area contributed by atoms with E-state index in [1.807, 2.05) is 6.92 Å². The molecule has 15 heavy (non-hydrogen) atoms. The van der Waals surface area contributed by atoms with E-state index in [9.17, 15) is 0 Å². The third kappa shape index (κ3) is 8.85. The molecule has 0 spiro atoms. The average molecular weight is 216 g/mol. The van der Waals surface area contributed by atoms with E-state index in [0.29, 0.717) is 6.04 Å². The summed E-state index contributed by atoms with van der Waals surface area (Å²) in [4.78, 5) is 2.34. The highest BCUT2D eigenvalue weighted by Crippen LogP contribution is 1.95. The third-order valence-corrected chi connectivity index (χ3v) is 2.53. The molecule has 0 aliphatic heterocycles. The molecule has 0 bridgehead atoms. The van der Waals surface area contributed by atoms with Crippen LogP contribution in [-0.2, 0) is 4.74 Å². The van der Waals surface area contributed by atoms with Gasteiger partial charge < -0.3 is 15.0 Å². The van der Waals surface area contributed by atoms with Crippen LogP contribution < -0.4 is 5.32 Å². The molecule has 1 N–H and O–H groups in total. The quantitative estimate of drug-likeness (QED) is 0.563. The van der Waals surface area contributed by atoms with E-state index in [4.69, 9.17) is 4.74 Å². The lowest BCUT2D eigenvalue weighted by atomic mass is 10.2. The number of rotatable bonds is 10. The van der Waals surface area contributed by atoms with Crippen LogP contribution in [-0.4, -0.2) is 50.8 Å². The Kier molecular flexibility index (Phi) is 10.3. The Morgan fingerprint density at radius 2 is 2.00 bits per heavy atom. The minimum absolute atomic E-state index is 0.622. The van der Waals surface area contributed by atoms with Crippen LogP contribution >= 0.6 is 0 Å². The van der Waals surface area contributed by atoms with Crippen molar-refractivity contribution in [2.45, 2.75) is 39.7 Å². The number of nitrogens with one attached hydrogen (secondary N) is 1. The maximum Gasteiger partial charge on any atom is 0.0593 e. The van der Waals surface area contributed by atoms with E-state index in [2.05, 4.69) is 31.1 Å². The van der Waals surface area contributed by atoms with Crippen molar-refractivity contribution in [2.75, 3.05) is 39.9 Å². The smallest absolute Gasteiger partial charge is 0.0593 e. The first kappa shape index (κ1) is 14.9. The van der Waals surface area contributed by atoms with Gasteiger partial charge in [-0.05, 0) is 33.4 Å². The van der Waals surface area contributed by atoms with Gasteiger partial charge in [-0.2, -0.15) is 0 Å². The van der Waals surface area contributed by atoms with Crippen LogP contribution in [0.4, 0.5) is 0 Å². The fraction of sp³-hybridized carbons (Fsp3) is 1.00. The first-order chi connectivity index (χ1) is 7.24. The van der Waals surface area contributed by atoms with Gasteiger partial charge in [0.25, 0.3) is 0 Å². The lowest BCUT2D eigenvalue weighted by Gasteiger charge is -2.23. The molecule has 1 unspecified atom stereocenters. The van der Waals surface area contributed by atoms with Crippen molar-refractivity contribution >= 4 is 0 Å². The monoisotopic (exact) mass is 216 g/mol. The number of likely N-dealkylation sites (N-methyl/N-ethyl adjacent to an activating group) is 1. The molecule has 3 nitrogen and oxygen atoms in total. The van der Waals surface area contributed by atoms with E-state index < -0.39 is 0 Å². The molecular weight excluding hydrogens is 188 g/mol. The van der Waals surface area contributed by atoms with Crippen molar-refractivity contribution in [2.24, 2.45) is 0 Å². The summed E-state index contributed by atoms with van der Waals surface area (Å²) in [5.74, 6) is 0. The van der Waals surface area contributed by atoms with Gasteiger partial charge in [0.1, 0.15) is 0 Å². The molecule has 0 aromatic rings. The van der Waals surface area contributed by atoms with Gasteiger partial charge in [-0.1, -0.05) is 13.8 Å². The average Bonchev–Trinajstić information content (AvgIpc) is 2.24. The Balaban J connectivity index is 3.55. The van der Waals surface area contributed by atoms with Crippen molar-refractivity contribution in [1.29, 1.82) is 0 Å². The highest BCUT2D eigenvalue weighted by molar-refractivity contribution is 4.68. The molecule has 0 fully saturated rings. The minimum atomic E-state index is 0.622. The molecule has 0 radical (unpaired) electrons. The van der Waals surface area contributed by atoms with Crippen LogP contribution in [0.1, 0.15) is 33.6 Å². The number of nitrogens with zero attached hydrogens (tertiary/aromatic N) is 1. The van der Waals surface area contributed by atoms with E-state index in [1.165, 1.54) is 12.8 Å². The highest BCUT2D eigenvalue weighted by atomic mass is 16.5. The summed E-state index contributed by atoms with van der Waals surface area (Å²) in [7, 11) is 2.16. The van der Waals surface area contributed by atoms with Gasteiger partial charge in [-0.15, -0.1) is 0 Å². The molecule has 1 atom stereocenters. The Hall–Kier alpha value is -0.120. The first-order valence-electron chi connectivity index (χ1n) is 6.24. The van der Waals surface area contributed by atoms with Gasteiger partial charge in [0.05, 0.1) is 6.61 Å². The van der Waals surface area contributed by atoms with E-state index >= 15 is 0 Å². The molecule has 0 aliphatic carbocycles. The molecule has 0 aliphatic rings. The first-order valence-corrected chi connectivity index (χ1v) is 6.24. The fourth-order valence-corrected chi connectivity index (χ4v) is 1.52. The van der Waals surface area contributed by atoms with Gasteiger partial charge in [-0.3, -0.25) is 0 Å². The summed E-state index contributed by atoms with van der Waals surface area (Å²) >= 11 is 0. The standard InChI is InChI=1S/C12H28N2O/c1-5-8-13-12(6-2)11-14(4)9-10-15-7-3/h12-13H,5-11H2,1-4H3. The van der Waals surface area contributed by atoms with E-state index in [-0.39, 0.29) is 0 Å². The Morgan fingerprint density at radius 1 is 1.27 bits per heavy atom. The highest BCUT2D eigenvalue weighted by Gasteiger charge is 2.07. The predicted octanol–water partition coefficient (Wildman–Crippen LogP) is 1.73. The number of hydrogen-bond acceptors (Lipinski definition) is 3. The lowest BCUT2D eigenvalue weighted by Crippen LogP contribution is -2.40. The molecule has 0 amide bonds. The van der Waals surface area contributed by atoms with Gasteiger partial charge in [0.2, 0.25) is 0 Å². The second kappa shape index (κ2) is 10.4. The molecule has 0 saturated carbocycles. The van der Waals surface area contributed by atoms with Crippen LogP contribution in [0, 0.1) is 0 Å². The van der Waals surface area contributed by atoms with Crippen LogP contribution in [0.5, 0.6) is 0 Å². The Morgan fingerprint density at radius 3 is 2.53 bits per heavy atom. The second-order valence-corrected chi connectivity index (χ2v) is 4.02. The summed E-state index contributed by atoms with van der Waals surface area (Å²) in [6, 6.07) is 0.622. The predicted molar refractivity (Wildman–Crippen MR) is 66.4 cm³/mol. The van der Waals surface area contributed by atoms with Gasteiger partial charge in [-0.25, -0.2) is 0 Å². The van der Waals surface area contributed by atoms with Gasteiger partial charge >= 0.3 is 0 Å². The Bertz CT molecular complexity index is 131. The molecule has 0 aromatic carbocycles. The maximum atomic E-state index is 5.34. The molecule has 0 rings (SSSR count).